The van der Waals surface area contributed by atoms with E-state index < -0.39 is 6.43 Å². The second-order valence-corrected chi connectivity index (χ2v) is 3.97. The lowest BCUT2D eigenvalue weighted by molar-refractivity contribution is 0.112. The van der Waals surface area contributed by atoms with Crippen molar-refractivity contribution in [2.45, 2.75) is 39.2 Å². The van der Waals surface area contributed by atoms with Gasteiger partial charge in [-0.05, 0) is 24.7 Å². The van der Waals surface area contributed by atoms with Crippen molar-refractivity contribution in [3.63, 3.8) is 0 Å². The van der Waals surface area contributed by atoms with Gasteiger partial charge in [-0.1, -0.05) is 13.8 Å². The molecule has 1 fully saturated rings. The van der Waals surface area contributed by atoms with Gasteiger partial charge in [-0.3, -0.25) is 0 Å². The maximum absolute atomic E-state index is 11.7. The molecule has 0 radical (unpaired) electrons. The average molecular weight is 177 g/mol. The molecule has 0 heterocycles. The Morgan fingerprint density at radius 3 is 2.33 bits per heavy atom. The van der Waals surface area contributed by atoms with Crippen LogP contribution < -0.4 is 5.32 Å². The minimum atomic E-state index is -2.21. The minimum Gasteiger partial charge on any atom is -0.309 e. The summed E-state index contributed by atoms with van der Waals surface area (Å²) in [5, 5.41) is 2.85. The lowest BCUT2D eigenvalue weighted by atomic mass is 9.74. The second-order valence-electron chi connectivity index (χ2n) is 3.97. The number of alkyl halides is 2. The van der Waals surface area contributed by atoms with E-state index in [-0.39, 0.29) is 6.54 Å². The molecular weight excluding hydrogens is 160 g/mol. The van der Waals surface area contributed by atoms with Crippen LogP contribution in [0, 0.1) is 11.8 Å². The summed E-state index contributed by atoms with van der Waals surface area (Å²) in [6.07, 6.45) is -0.0579. The maximum Gasteiger partial charge on any atom is 0.250 e. The summed E-state index contributed by atoms with van der Waals surface area (Å²) in [5.74, 6) is 1.45. The number of halogens is 2. The fourth-order valence-electron chi connectivity index (χ4n) is 1.63. The Bertz CT molecular complexity index is 128. The fourth-order valence-corrected chi connectivity index (χ4v) is 1.63. The molecule has 1 N–H and O–H groups in total. The van der Waals surface area contributed by atoms with Crippen LogP contribution in [0.3, 0.4) is 0 Å². The zero-order chi connectivity index (χ0) is 9.14. The largest absolute Gasteiger partial charge is 0.309 e. The molecule has 0 unspecified atom stereocenters. The van der Waals surface area contributed by atoms with Crippen molar-refractivity contribution >= 4 is 0 Å². The van der Waals surface area contributed by atoms with Gasteiger partial charge in [0, 0.05) is 6.04 Å². The zero-order valence-corrected chi connectivity index (χ0v) is 7.69. The summed E-state index contributed by atoms with van der Waals surface area (Å²) >= 11 is 0. The van der Waals surface area contributed by atoms with Crippen molar-refractivity contribution < 1.29 is 8.78 Å². The highest BCUT2D eigenvalue weighted by molar-refractivity contribution is 4.86. The number of hydrogen-bond acceptors (Lipinski definition) is 1. The van der Waals surface area contributed by atoms with E-state index in [4.69, 9.17) is 0 Å². The molecule has 0 aliphatic heterocycles. The summed E-state index contributed by atoms with van der Waals surface area (Å²) < 4.78 is 23.5. The first-order valence-electron chi connectivity index (χ1n) is 4.61. The van der Waals surface area contributed by atoms with Gasteiger partial charge in [0.15, 0.2) is 0 Å². The lowest BCUT2D eigenvalue weighted by Gasteiger charge is -2.38. The molecule has 0 bridgehead atoms. The SMILES string of the molecule is CC(C)C1CC(NCC(F)F)C1. The van der Waals surface area contributed by atoms with Gasteiger partial charge in [-0.15, -0.1) is 0 Å². The van der Waals surface area contributed by atoms with E-state index in [9.17, 15) is 8.78 Å². The van der Waals surface area contributed by atoms with Crippen LogP contribution in [0.1, 0.15) is 26.7 Å². The molecule has 1 nitrogen and oxygen atoms in total. The van der Waals surface area contributed by atoms with E-state index in [0.717, 1.165) is 18.8 Å². The van der Waals surface area contributed by atoms with Gasteiger partial charge >= 0.3 is 0 Å². The van der Waals surface area contributed by atoms with Crippen LogP contribution in [0.5, 0.6) is 0 Å². The van der Waals surface area contributed by atoms with Crippen LogP contribution in [0.2, 0.25) is 0 Å². The molecule has 0 atom stereocenters. The smallest absolute Gasteiger partial charge is 0.250 e. The molecule has 1 rings (SSSR count). The minimum absolute atomic E-state index is 0.143. The molecule has 0 aromatic heterocycles. The number of nitrogens with one attached hydrogen (secondary N) is 1. The van der Waals surface area contributed by atoms with Crippen LogP contribution in [-0.2, 0) is 0 Å². The van der Waals surface area contributed by atoms with E-state index in [2.05, 4.69) is 19.2 Å². The maximum atomic E-state index is 11.7. The summed E-state index contributed by atoms with van der Waals surface area (Å²) in [6.45, 7) is 4.23. The first-order chi connectivity index (χ1) is 5.59. The molecular formula is C9H17F2N. The van der Waals surface area contributed by atoms with E-state index >= 15 is 0 Å². The predicted molar refractivity (Wildman–Crippen MR) is 45.4 cm³/mol. The van der Waals surface area contributed by atoms with Gasteiger partial charge in [0.05, 0.1) is 6.54 Å². The van der Waals surface area contributed by atoms with Crippen molar-refractivity contribution in [2.75, 3.05) is 6.54 Å². The highest BCUT2D eigenvalue weighted by Gasteiger charge is 2.30. The van der Waals surface area contributed by atoms with Crippen LogP contribution in [-0.4, -0.2) is 19.0 Å². The Labute approximate surface area is 72.5 Å². The standard InChI is InChI=1S/C9H17F2N/c1-6(2)7-3-8(4-7)12-5-9(10)11/h6-9,12H,3-5H2,1-2H3. The molecule has 0 spiro atoms. The third-order valence-corrected chi connectivity index (χ3v) is 2.68. The van der Waals surface area contributed by atoms with E-state index in [0.29, 0.717) is 12.0 Å². The Hall–Kier alpha value is -0.180. The first-order valence-corrected chi connectivity index (χ1v) is 4.61. The molecule has 0 aromatic rings. The zero-order valence-electron chi connectivity index (χ0n) is 7.69. The molecule has 1 aliphatic rings. The number of hydrogen-bond donors (Lipinski definition) is 1. The summed E-state index contributed by atoms with van der Waals surface area (Å²) in [6, 6.07) is 0.353. The van der Waals surface area contributed by atoms with Gasteiger partial charge in [-0.25, -0.2) is 8.78 Å². The van der Waals surface area contributed by atoms with Crippen molar-refractivity contribution in [2.24, 2.45) is 11.8 Å². The van der Waals surface area contributed by atoms with Crippen molar-refractivity contribution in [3.8, 4) is 0 Å². The molecule has 0 saturated heterocycles. The normalized spacial score (nSPS) is 29.5. The molecule has 72 valence electrons. The Kier molecular flexibility index (Phi) is 3.44. The van der Waals surface area contributed by atoms with Gasteiger partial charge in [-0.2, -0.15) is 0 Å². The highest BCUT2D eigenvalue weighted by Crippen LogP contribution is 2.33. The average Bonchev–Trinajstić information content (AvgIpc) is 1.82. The summed E-state index contributed by atoms with van der Waals surface area (Å²) in [5.41, 5.74) is 0. The monoisotopic (exact) mass is 177 g/mol. The van der Waals surface area contributed by atoms with Crippen molar-refractivity contribution in [1.82, 2.24) is 5.32 Å². The lowest BCUT2D eigenvalue weighted by Crippen LogP contribution is -2.44. The quantitative estimate of drug-likeness (QED) is 0.694. The predicted octanol–water partition coefficient (Wildman–Crippen LogP) is 2.28. The summed E-state index contributed by atoms with van der Waals surface area (Å²) in [7, 11) is 0. The van der Waals surface area contributed by atoms with Crippen LogP contribution in [0.15, 0.2) is 0 Å². The molecule has 3 heteroatoms. The third-order valence-electron chi connectivity index (χ3n) is 2.68. The van der Waals surface area contributed by atoms with E-state index in [1.807, 2.05) is 0 Å². The molecule has 1 aliphatic carbocycles. The molecule has 12 heavy (non-hydrogen) atoms. The Morgan fingerprint density at radius 2 is 1.92 bits per heavy atom. The summed E-state index contributed by atoms with van der Waals surface area (Å²) in [4.78, 5) is 0. The second kappa shape index (κ2) is 4.17. The van der Waals surface area contributed by atoms with Gasteiger partial charge in [0.1, 0.15) is 0 Å². The Morgan fingerprint density at radius 1 is 1.33 bits per heavy atom. The topological polar surface area (TPSA) is 12.0 Å². The van der Waals surface area contributed by atoms with Gasteiger partial charge < -0.3 is 5.32 Å². The molecule has 1 saturated carbocycles. The van der Waals surface area contributed by atoms with Crippen LogP contribution >= 0.6 is 0 Å². The van der Waals surface area contributed by atoms with Gasteiger partial charge in [0.2, 0.25) is 0 Å². The van der Waals surface area contributed by atoms with E-state index in [1.54, 1.807) is 0 Å². The first kappa shape index (κ1) is 9.90. The fraction of sp³-hybridized carbons (Fsp3) is 1.00. The highest BCUT2D eigenvalue weighted by atomic mass is 19.3. The number of rotatable bonds is 4. The van der Waals surface area contributed by atoms with Crippen LogP contribution in [0.4, 0.5) is 8.78 Å². The van der Waals surface area contributed by atoms with Crippen molar-refractivity contribution in [3.05, 3.63) is 0 Å². The van der Waals surface area contributed by atoms with Crippen molar-refractivity contribution in [1.29, 1.82) is 0 Å². The molecule has 0 amide bonds. The molecule has 0 aromatic carbocycles. The van der Waals surface area contributed by atoms with Crippen LogP contribution in [0.25, 0.3) is 0 Å². The van der Waals surface area contributed by atoms with E-state index in [1.165, 1.54) is 0 Å². The van der Waals surface area contributed by atoms with Gasteiger partial charge in [0.25, 0.3) is 6.43 Å². The Balaban J connectivity index is 2.02. The third kappa shape index (κ3) is 2.70.